The number of hydrogen-bond donors (Lipinski definition) is 4. The number of thiocarbonyl (C=S) groups is 1. The number of likely N-dealkylation sites (N-methyl/N-ethyl adjacent to an activating group) is 1. The third-order valence-corrected chi connectivity index (χ3v) is 7.06. The zero-order chi connectivity index (χ0) is 27.4. The monoisotopic (exact) mass is 524 g/mol. The van der Waals surface area contributed by atoms with Gasteiger partial charge in [-0.3, -0.25) is 4.79 Å². The molecule has 38 heavy (non-hydrogen) atoms. The van der Waals surface area contributed by atoms with Crippen LogP contribution in [0, 0.1) is 45.3 Å². The van der Waals surface area contributed by atoms with Crippen LogP contribution in [0.3, 0.4) is 0 Å². The Morgan fingerprint density at radius 2 is 1.84 bits per heavy atom. The Morgan fingerprint density at radius 1 is 1.13 bits per heavy atom. The summed E-state index contributed by atoms with van der Waals surface area (Å²) < 4.78 is 0. The van der Waals surface area contributed by atoms with E-state index in [9.17, 15) is 30.8 Å². The van der Waals surface area contributed by atoms with Gasteiger partial charge in [-0.2, -0.15) is 15.8 Å². The van der Waals surface area contributed by atoms with Crippen molar-refractivity contribution in [3.63, 3.8) is 0 Å². The molecular formula is C28H24N6O3S. The van der Waals surface area contributed by atoms with Gasteiger partial charge in [-0.05, 0) is 48.1 Å². The topological polar surface area (TPSA) is 156 Å². The molecule has 190 valence electrons. The normalized spacial score (nSPS) is 20.1. The Kier molecular flexibility index (Phi) is 7.45. The molecule has 2 aliphatic rings. The molecule has 2 aromatic carbocycles. The van der Waals surface area contributed by atoms with Gasteiger partial charge in [0.25, 0.3) is 0 Å². The van der Waals surface area contributed by atoms with E-state index in [1.165, 1.54) is 12.1 Å². The molecule has 0 aromatic heterocycles. The summed E-state index contributed by atoms with van der Waals surface area (Å²) >= 11 is 5.38. The first-order chi connectivity index (χ1) is 18.2. The van der Waals surface area contributed by atoms with Gasteiger partial charge in [0.05, 0.1) is 29.8 Å². The van der Waals surface area contributed by atoms with E-state index in [0.29, 0.717) is 24.2 Å². The van der Waals surface area contributed by atoms with Gasteiger partial charge < -0.3 is 25.7 Å². The van der Waals surface area contributed by atoms with Crippen molar-refractivity contribution in [2.45, 2.75) is 12.3 Å². The minimum Gasteiger partial charge on any atom is -0.504 e. The Hall–Kier alpha value is -4.69. The molecule has 10 heteroatoms. The van der Waals surface area contributed by atoms with Crippen LogP contribution in [0.15, 0.2) is 71.5 Å². The number of phenols is 2. The number of fused-ring (bicyclic) bond motifs is 1. The molecule has 0 bridgehead atoms. The van der Waals surface area contributed by atoms with Crippen molar-refractivity contribution in [2.75, 3.05) is 20.1 Å². The van der Waals surface area contributed by atoms with Crippen LogP contribution in [0.2, 0.25) is 0 Å². The molecule has 9 nitrogen and oxygen atoms in total. The number of aromatic hydroxyl groups is 2. The van der Waals surface area contributed by atoms with Gasteiger partial charge in [-0.1, -0.05) is 42.5 Å². The quantitative estimate of drug-likeness (QED) is 0.349. The Morgan fingerprint density at radius 3 is 2.47 bits per heavy atom. The molecule has 4 rings (SSSR count). The molecule has 1 aliphatic heterocycles. The van der Waals surface area contributed by atoms with Crippen LogP contribution in [-0.4, -0.2) is 46.3 Å². The van der Waals surface area contributed by atoms with Gasteiger partial charge in [0.1, 0.15) is 6.07 Å². The lowest BCUT2D eigenvalue weighted by atomic mass is 9.58. The first kappa shape index (κ1) is 26.4. The molecule has 0 saturated carbocycles. The molecule has 0 spiro atoms. The fourth-order valence-corrected chi connectivity index (χ4v) is 5.37. The summed E-state index contributed by atoms with van der Waals surface area (Å²) in [6.45, 7) is 0.988. The van der Waals surface area contributed by atoms with Gasteiger partial charge in [0.15, 0.2) is 22.0 Å². The van der Waals surface area contributed by atoms with Crippen LogP contribution in [0.4, 0.5) is 0 Å². The maximum atomic E-state index is 12.6. The van der Waals surface area contributed by atoms with Crippen molar-refractivity contribution >= 4 is 23.2 Å². The van der Waals surface area contributed by atoms with Crippen LogP contribution in [0.5, 0.6) is 11.5 Å². The van der Waals surface area contributed by atoms with E-state index < -0.39 is 28.9 Å². The number of hydrogen-bond acceptors (Lipinski definition) is 8. The lowest BCUT2D eigenvalue weighted by Gasteiger charge is -2.46. The van der Waals surface area contributed by atoms with Crippen LogP contribution in [0.25, 0.3) is 0 Å². The summed E-state index contributed by atoms with van der Waals surface area (Å²) in [4.78, 5) is 14.6. The third kappa shape index (κ3) is 4.81. The third-order valence-electron chi connectivity index (χ3n) is 6.85. The predicted molar refractivity (Wildman–Crippen MR) is 142 cm³/mol. The number of phenolic OH excluding ortho intramolecular Hbond substituents is 2. The van der Waals surface area contributed by atoms with Crippen LogP contribution in [-0.2, 0) is 11.2 Å². The number of nitrogens with one attached hydrogen (secondary N) is 2. The molecular weight excluding hydrogens is 500 g/mol. The lowest BCUT2D eigenvalue weighted by Crippen LogP contribution is -2.51. The first-order valence-electron chi connectivity index (χ1n) is 11.8. The van der Waals surface area contributed by atoms with Crippen LogP contribution < -0.4 is 10.6 Å². The molecule has 0 saturated heterocycles. The van der Waals surface area contributed by atoms with E-state index >= 15 is 0 Å². The summed E-state index contributed by atoms with van der Waals surface area (Å²) in [6, 6.07) is 19.6. The van der Waals surface area contributed by atoms with Gasteiger partial charge in [-0.25, -0.2) is 0 Å². The smallest absolute Gasteiger partial charge is 0.230 e. The number of rotatable bonds is 4. The number of nitrogens with zero attached hydrogens (tertiary/aromatic N) is 4. The lowest BCUT2D eigenvalue weighted by molar-refractivity contribution is -0.119. The van der Waals surface area contributed by atoms with Crippen molar-refractivity contribution in [3.05, 3.63) is 82.6 Å². The zero-order valence-corrected chi connectivity index (χ0v) is 21.3. The van der Waals surface area contributed by atoms with Gasteiger partial charge in [-0.15, -0.1) is 0 Å². The Bertz CT molecular complexity index is 1460. The highest BCUT2D eigenvalue weighted by atomic mass is 32.1. The van der Waals surface area contributed by atoms with Crippen molar-refractivity contribution in [2.24, 2.45) is 11.3 Å². The van der Waals surface area contributed by atoms with Gasteiger partial charge in [0, 0.05) is 24.9 Å². The van der Waals surface area contributed by atoms with E-state index in [1.807, 2.05) is 36.2 Å². The van der Waals surface area contributed by atoms with E-state index in [-0.39, 0.29) is 28.6 Å². The second-order valence-corrected chi connectivity index (χ2v) is 9.68. The minimum atomic E-state index is -1.93. The highest BCUT2D eigenvalue weighted by molar-refractivity contribution is 7.80. The maximum absolute atomic E-state index is 12.6. The number of carbonyl (C=O) groups excluding carboxylic acids is 1. The molecule has 2 unspecified atom stereocenters. The highest BCUT2D eigenvalue weighted by Gasteiger charge is 2.55. The average molecular weight is 525 g/mol. The van der Waals surface area contributed by atoms with Crippen LogP contribution in [0.1, 0.15) is 17.0 Å². The number of carbonyl (C=O) groups is 1. The largest absolute Gasteiger partial charge is 0.504 e. The second-order valence-electron chi connectivity index (χ2n) is 9.27. The summed E-state index contributed by atoms with van der Waals surface area (Å²) in [5.74, 6) is -2.41. The summed E-state index contributed by atoms with van der Waals surface area (Å²) in [7, 11) is 1.89. The minimum absolute atomic E-state index is 0.0281. The van der Waals surface area contributed by atoms with Crippen molar-refractivity contribution in [1.29, 1.82) is 15.8 Å². The fourth-order valence-electron chi connectivity index (χ4n) is 5.16. The zero-order valence-electron chi connectivity index (χ0n) is 20.5. The fraction of sp³-hybridized carbons (Fsp3) is 0.250. The molecule has 2 aromatic rings. The molecule has 1 heterocycles. The second kappa shape index (κ2) is 10.7. The maximum Gasteiger partial charge on any atom is 0.230 e. The van der Waals surface area contributed by atoms with Gasteiger partial charge >= 0.3 is 0 Å². The molecule has 1 aliphatic carbocycles. The standard InChI is InChI=1S/C28H24N6O3S/c1-34-10-9-19-20(13-29)26(33-27(38)32-24(37)11-17-5-3-2-4-6-17)28(15-30,16-31)25(21(19)14-34)18-7-8-22(35)23(36)12-18/h2-9,12,21,25,35-36H,10-11,14H2,1H3,(H2,32,33,37,38). The molecule has 2 atom stereocenters. The Labute approximate surface area is 225 Å². The number of nitriles is 3. The van der Waals surface area contributed by atoms with E-state index in [2.05, 4.69) is 28.8 Å². The van der Waals surface area contributed by atoms with Crippen LogP contribution >= 0.6 is 12.2 Å². The summed E-state index contributed by atoms with van der Waals surface area (Å²) in [5.41, 5.74) is 0.0141. The molecule has 0 radical (unpaired) electrons. The number of allylic oxidation sites excluding steroid dienone is 2. The predicted octanol–water partition coefficient (Wildman–Crippen LogP) is 2.73. The average Bonchev–Trinajstić information content (AvgIpc) is 2.90. The molecule has 0 fully saturated rings. The van der Waals surface area contributed by atoms with E-state index in [1.54, 1.807) is 18.2 Å². The van der Waals surface area contributed by atoms with E-state index in [4.69, 9.17) is 12.2 Å². The number of amides is 1. The van der Waals surface area contributed by atoms with Gasteiger partial charge in [0.2, 0.25) is 5.91 Å². The number of benzene rings is 2. The molecule has 4 N–H and O–H groups in total. The molecule has 1 amide bonds. The van der Waals surface area contributed by atoms with Crippen molar-refractivity contribution in [1.82, 2.24) is 15.5 Å². The first-order valence-corrected chi connectivity index (χ1v) is 12.2. The van der Waals surface area contributed by atoms with Crippen molar-refractivity contribution < 1.29 is 15.0 Å². The summed E-state index contributed by atoms with van der Waals surface area (Å²) in [6.07, 6.45) is 1.93. The SMILES string of the molecule is CN1CC=C2C(C#N)=C(NC(=S)NC(=O)Cc3ccccc3)C(C#N)(C#N)C(c3ccc(O)c(O)c3)C2C1. The highest BCUT2D eigenvalue weighted by Crippen LogP contribution is 2.55. The summed E-state index contributed by atoms with van der Waals surface area (Å²) in [5, 5.41) is 56.6. The van der Waals surface area contributed by atoms with Crippen molar-refractivity contribution in [3.8, 4) is 29.7 Å². The van der Waals surface area contributed by atoms with E-state index in [0.717, 1.165) is 5.56 Å². The Balaban J connectivity index is 1.79.